The monoisotopic (exact) mass is 130 g/mol. The van der Waals surface area contributed by atoms with Crippen LogP contribution in [0.15, 0.2) is 21.6 Å². The minimum atomic E-state index is -0.942. The van der Waals surface area contributed by atoms with Crippen molar-refractivity contribution >= 4 is 0 Å². The van der Waals surface area contributed by atoms with Gasteiger partial charge in [-0.05, 0) is 0 Å². The summed E-state index contributed by atoms with van der Waals surface area (Å²) in [5.74, 6) is 0. The van der Waals surface area contributed by atoms with Crippen LogP contribution in [0, 0.1) is 10.1 Å². The molecule has 48 valence electrons. The van der Waals surface area contributed by atoms with Crippen LogP contribution in [0.4, 0.5) is 0 Å². The van der Waals surface area contributed by atoms with E-state index < -0.39 is 10.6 Å². The maximum atomic E-state index is 10.3. The van der Waals surface area contributed by atoms with Crippen LogP contribution in [0.25, 0.3) is 0 Å². The van der Waals surface area contributed by atoms with Gasteiger partial charge >= 0.3 is 5.56 Å². The van der Waals surface area contributed by atoms with Crippen molar-refractivity contribution < 1.29 is 9.56 Å². The summed E-state index contributed by atoms with van der Waals surface area (Å²) in [5, 5.41) is 8.82. The summed E-state index contributed by atoms with van der Waals surface area (Å²) in [6.45, 7) is 0. The van der Waals surface area contributed by atoms with Gasteiger partial charge in [0.25, 0.3) is 0 Å². The Balaban J connectivity index is 3.24. The summed E-state index contributed by atoms with van der Waals surface area (Å²) in [6, 6.07) is 0.961. The third-order valence-corrected chi connectivity index (χ3v) is 0.708. The fraction of sp³-hybridized carbons (Fsp3) is 0. The normalized spacial score (nSPS) is 9.33. The lowest BCUT2D eigenvalue weighted by Crippen LogP contribution is -2.20. The van der Waals surface area contributed by atoms with Gasteiger partial charge in [0, 0.05) is 0 Å². The van der Waals surface area contributed by atoms with Crippen molar-refractivity contribution in [2.24, 2.45) is 0 Å². The Hall–Kier alpha value is -1.59. The average Bonchev–Trinajstić information content (AvgIpc) is 2.13. The quantitative estimate of drug-likeness (QED) is 0.378. The first-order valence-electron chi connectivity index (χ1n) is 2.03. The molecule has 0 radical (unpaired) electrons. The second kappa shape index (κ2) is 1.73. The topological polar surface area (TPSA) is 78.3 Å². The molecule has 0 aliphatic rings. The summed E-state index contributed by atoms with van der Waals surface area (Å²) >= 11 is 0. The van der Waals surface area contributed by atoms with E-state index in [2.05, 4.69) is 4.52 Å². The van der Waals surface area contributed by atoms with Gasteiger partial charge in [-0.1, -0.05) is 0 Å². The SMILES string of the molecule is O=c1ccon1[N+](=O)[O-]. The molecule has 0 saturated carbocycles. The Bertz CT molecular complexity index is 271. The van der Waals surface area contributed by atoms with Crippen LogP contribution in [0.2, 0.25) is 0 Å². The van der Waals surface area contributed by atoms with E-state index in [1.54, 1.807) is 0 Å². The van der Waals surface area contributed by atoms with Crippen LogP contribution in [0.5, 0.6) is 0 Å². The third kappa shape index (κ3) is 0.809. The second-order valence-electron chi connectivity index (χ2n) is 1.26. The average molecular weight is 130 g/mol. The minimum absolute atomic E-state index is 0.0417. The molecule has 6 nitrogen and oxygen atoms in total. The maximum Gasteiger partial charge on any atom is 0.354 e. The van der Waals surface area contributed by atoms with Gasteiger partial charge in [0.1, 0.15) is 11.1 Å². The van der Waals surface area contributed by atoms with Gasteiger partial charge in [-0.2, -0.15) is 0 Å². The molecule has 1 heterocycles. The van der Waals surface area contributed by atoms with Crippen molar-refractivity contribution in [2.75, 3.05) is 0 Å². The smallest absolute Gasteiger partial charge is 0.329 e. The Morgan fingerprint density at radius 3 is 2.67 bits per heavy atom. The first-order chi connectivity index (χ1) is 4.22. The lowest BCUT2D eigenvalue weighted by atomic mass is 10.7. The number of nitrogens with zero attached hydrogens (tertiary/aromatic N) is 2. The second-order valence-corrected chi connectivity index (χ2v) is 1.26. The highest BCUT2D eigenvalue weighted by molar-refractivity contribution is 4.72. The summed E-state index contributed by atoms with van der Waals surface area (Å²) in [4.78, 5) is 20.1. The summed E-state index contributed by atoms with van der Waals surface area (Å²) in [6.07, 6.45) is 0.950. The Morgan fingerprint density at radius 1 is 1.78 bits per heavy atom. The molecule has 0 atom stereocenters. The van der Waals surface area contributed by atoms with E-state index in [9.17, 15) is 14.9 Å². The molecule has 0 saturated heterocycles. The van der Waals surface area contributed by atoms with Crippen molar-refractivity contribution in [3.63, 3.8) is 0 Å². The highest BCUT2D eigenvalue weighted by Crippen LogP contribution is 1.77. The van der Waals surface area contributed by atoms with Crippen LogP contribution in [0.3, 0.4) is 0 Å². The lowest BCUT2D eigenvalue weighted by molar-refractivity contribution is -0.583. The molecule has 0 fully saturated rings. The van der Waals surface area contributed by atoms with Crippen molar-refractivity contribution in [3.8, 4) is 0 Å². The van der Waals surface area contributed by atoms with Crippen LogP contribution in [-0.2, 0) is 0 Å². The fourth-order valence-electron chi connectivity index (χ4n) is 0.381. The number of rotatable bonds is 1. The van der Waals surface area contributed by atoms with Gasteiger partial charge in [-0.15, -0.1) is 0 Å². The zero-order chi connectivity index (χ0) is 6.85. The molecule has 0 aliphatic carbocycles. The summed E-state index contributed by atoms with van der Waals surface area (Å²) in [5.41, 5.74) is -0.778. The Morgan fingerprint density at radius 2 is 2.44 bits per heavy atom. The molecular weight excluding hydrogens is 128 g/mol. The molecule has 9 heavy (non-hydrogen) atoms. The van der Waals surface area contributed by atoms with Crippen LogP contribution in [0.1, 0.15) is 0 Å². The molecule has 0 bridgehead atoms. The lowest BCUT2D eigenvalue weighted by Gasteiger charge is -1.80. The van der Waals surface area contributed by atoms with Gasteiger partial charge in [0.05, 0.1) is 6.07 Å². The molecule has 0 aliphatic heterocycles. The van der Waals surface area contributed by atoms with E-state index in [-0.39, 0.29) is 4.85 Å². The highest BCUT2D eigenvalue weighted by atomic mass is 16.7. The largest absolute Gasteiger partial charge is 0.354 e. The molecule has 0 unspecified atom stereocenters. The van der Waals surface area contributed by atoms with Crippen molar-refractivity contribution in [2.45, 2.75) is 0 Å². The highest BCUT2D eigenvalue weighted by Gasteiger charge is 2.06. The first kappa shape index (κ1) is 5.54. The molecule has 0 aromatic carbocycles. The van der Waals surface area contributed by atoms with Gasteiger partial charge in [0.15, 0.2) is 0 Å². The van der Waals surface area contributed by atoms with Crippen molar-refractivity contribution in [1.82, 2.24) is 4.85 Å². The Labute approximate surface area is 48.4 Å². The number of hydrogen-bond donors (Lipinski definition) is 0. The van der Waals surface area contributed by atoms with Gasteiger partial charge in [-0.25, -0.2) is 10.1 Å². The van der Waals surface area contributed by atoms with Gasteiger partial charge in [-0.3, -0.25) is 4.79 Å². The number of hydrogen-bond acceptors (Lipinski definition) is 4. The maximum absolute atomic E-state index is 10.3. The molecule has 0 spiro atoms. The molecule has 0 amide bonds. The van der Waals surface area contributed by atoms with E-state index in [0.29, 0.717) is 0 Å². The minimum Gasteiger partial charge on any atom is -0.329 e. The first-order valence-corrected chi connectivity index (χ1v) is 2.03. The zero-order valence-electron chi connectivity index (χ0n) is 4.18. The van der Waals surface area contributed by atoms with Gasteiger partial charge in [0.2, 0.25) is 5.03 Å². The van der Waals surface area contributed by atoms with E-state index in [4.69, 9.17) is 0 Å². The molecule has 1 aromatic heterocycles. The molecule has 1 rings (SSSR count). The Kier molecular flexibility index (Phi) is 1.07. The predicted molar refractivity (Wildman–Crippen MR) is 25.4 cm³/mol. The predicted octanol–water partition coefficient (Wildman–Crippen LogP) is -0.519. The van der Waals surface area contributed by atoms with Gasteiger partial charge < -0.3 is 4.52 Å². The number of aromatic nitrogens is 1. The zero-order valence-corrected chi connectivity index (χ0v) is 4.18. The summed E-state index contributed by atoms with van der Waals surface area (Å²) in [7, 11) is 0. The molecule has 1 aromatic rings. The number of nitro groups is 1. The molecule has 6 heteroatoms. The summed E-state index contributed by atoms with van der Waals surface area (Å²) < 4.78 is 4.13. The van der Waals surface area contributed by atoms with E-state index in [1.807, 2.05) is 0 Å². The van der Waals surface area contributed by atoms with E-state index >= 15 is 0 Å². The van der Waals surface area contributed by atoms with Crippen LogP contribution in [-0.4, -0.2) is 9.88 Å². The molecular formula is C3H2N2O4. The standard InChI is InChI=1S/C3H2N2O4/c6-3-1-2-9-4(3)5(7)8/h1-2H. The van der Waals surface area contributed by atoms with Crippen molar-refractivity contribution in [1.29, 1.82) is 0 Å². The van der Waals surface area contributed by atoms with Crippen LogP contribution >= 0.6 is 0 Å². The van der Waals surface area contributed by atoms with E-state index in [0.717, 1.165) is 12.3 Å². The van der Waals surface area contributed by atoms with E-state index in [1.165, 1.54) is 0 Å². The molecule has 0 N–H and O–H groups in total. The van der Waals surface area contributed by atoms with Crippen molar-refractivity contribution in [3.05, 3.63) is 32.8 Å². The third-order valence-electron chi connectivity index (χ3n) is 0.708. The van der Waals surface area contributed by atoms with Crippen LogP contribution < -0.4 is 5.56 Å². The fourth-order valence-corrected chi connectivity index (χ4v) is 0.381.